The minimum atomic E-state index is 0.865. The molecule has 1 saturated heterocycles. The molecule has 1 aliphatic rings. The van der Waals surface area contributed by atoms with Crippen molar-refractivity contribution in [3.8, 4) is 0 Å². The third-order valence-corrected chi connectivity index (χ3v) is 4.73. The van der Waals surface area contributed by atoms with Crippen LogP contribution in [0.4, 0.5) is 0 Å². The van der Waals surface area contributed by atoms with E-state index in [0.717, 1.165) is 23.3 Å². The van der Waals surface area contributed by atoms with Crippen molar-refractivity contribution < 1.29 is 0 Å². The highest BCUT2D eigenvalue weighted by Gasteiger charge is 2.19. The molecule has 0 radical (unpaired) electrons. The first kappa shape index (κ1) is 13.3. The van der Waals surface area contributed by atoms with Crippen LogP contribution in [0, 0.1) is 5.92 Å². The highest BCUT2D eigenvalue weighted by Crippen LogP contribution is 2.26. The number of likely N-dealkylation sites (tertiary alicyclic amines) is 1. The lowest BCUT2D eigenvalue weighted by molar-refractivity contribution is 0.176. The minimum Gasteiger partial charge on any atom is -0.317 e. The molecule has 1 aliphatic heterocycles. The summed E-state index contributed by atoms with van der Waals surface area (Å²) in [7, 11) is 0. The van der Waals surface area contributed by atoms with Gasteiger partial charge in [0.25, 0.3) is 0 Å². The second-order valence-corrected chi connectivity index (χ2v) is 6.26. The van der Waals surface area contributed by atoms with Crippen LogP contribution in [0.15, 0.2) is 11.4 Å². The second-order valence-electron chi connectivity index (χ2n) is 4.75. The van der Waals surface area contributed by atoms with Crippen LogP contribution >= 0.6 is 22.9 Å². The number of thiophene rings is 1. The Kier molecular flexibility index (Phi) is 5.29. The highest BCUT2D eigenvalue weighted by atomic mass is 35.5. The largest absolute Gasteiger partial charge is 0.317 e. The van der Waals surface area contributed by atoms with Crippen LogP contribution in [0.2, 0.25) is 4.34 Å². The zero-order valence-electron chi connectivity index (χ0n) is 10.4. The fourth-order valence-corrected chi connectivity index (χ4v) is 3.28. The average molecular weight is 273 g/mol. The van der Waals surface area contributed by atoms with E-state index in [-0.39, 0.29) is 0 Å². The van der Waals surface area contributed by atoms with Gasteiger partial charge in [-0.05, 0) is 61.9 Å². The Bertz CT molecular complexity index is 332. The molecule has 1 N–H and O–H groups in total. The molecule has 4 heteroatoms. The van der Waals surface area contributed by atoms with E-state index in [1.807, 2.05) is 0 Å². The summed E-state index contributed by atoms with van der Waals surface area (Å²) in [4.78, 5) is 2.52. The van der Waals surface area contributed by atoms with E-state index in [1.54, 1.807) is 11.3 Å². The summed E-state index contributed by atoms with van der Waals surface area (Å²) in [5.74, 6) is 0.865. The molecule has 0 amide bonds. The molecule has 0 spiro atoms. The number of hydrogen-bond donors (Lipinski definition) is 1. The molecule has 96 valence electrons. The number of nitrogens with one attached hydrogen (secondary N) is 1. The molecule has 0 bridgehead atoms. The monoisotopic (exact) mass is 272 g/mol. The first-order chi connectivity index (χ1) is 8.29. The van der Waals surface area contributed by atoms with Crippen molar-refractivity contribution in [1.82, 2.24) is 10.2 Å². The molecule has 0 aliphatic carbocycles. The quantitative estimate of drug-likeness (QED) is 0.885. The Labute approximate surface area is 113 Å². The van der Waals surface area contributed by atoms with Crippen molar-refractivity contribution in [2.45, 2.75) is 26.3 Å². The Morgan fingerprint density at radius 2 is 2.24 bits per heavy atom. The van der Waals surface area contributed by atoms with Gasteiger partial charge in [0, 0.05) is 6.54 Å². The number of rotatable bonds is 5. The summed E-state index contributed by atoms with van der Waals surface area (Å²) < 4.78 is 0.958. The first-order valence-electron chi connectivity index (χ1n) is 6.44. The summed E-state index contributed by atoms with van der Waals surface area (Å²) in [6, 6.07) is 2.15. The fraction of sp³-hybridized carbons (Fsp3) is 0.692. The predicted octanol–water partition coefficient (Wildman–Crippen LogP) is 3.22. The van der Waals surface area contributed by atoms with Crippen molar-refractivity contribution in [3.63, 3.8) is 0 Å². The average Bonchev–Trinajstić information content (AvgIpc) is 2.74. The van der Waals surface area contributed by atoms with Gasteiger partial charge in [-0.25, -0.2) is 0 Å². The maximum absolute atomic E-state index is 6.14. The maximum Gasteiger partial charge on any atom is 0.0973 e. The number of halogens is 1. The van der Waals surface area contributed by atoms with Crippen molar-refractivity contribution >= 4 is 22.9 Å². The van der Waals surface area contributed by atoms with E-state index >= 15 is 0 Å². The van der Waals surface area contributed by atoms with Crippen molar-refractivity contribution in [3.05, 3.63) is 21.3 Å². The van der Waals surface area contributed by atoms with E-state index in [2.05, 4.69) is 28.6 Å². The molecule has 2 rings (SSSR count). The zero-order valence-corrected chi connectivity index (χ0v) is 12.0. The van der Waals surface area contributed by atoms with Crippen molar-refractivity contribution in [1.29, 1.82) is 0 Å². The molecule has 0 unspecified atom stereocenters. The topological polar surface area (TPSA) is 15.3 Å². The van der Waals surface area contributed by atoms with Gasteiger partial charge >= 0.3 is 0 Å². The number of hydrogen-bond acceptors (Lipinski definition) is 3. The van der Waals surface area contributed by atoms with Gasteiger partial charge in [0.2, 0.25) is 0 Å². The molecule has 17 heavy (non-hydrogen) atoms. The van der Waals surface area contributed by atoms with Crippen LogP contribution in [0.25, 0.3) is 0 Å². The molecular weight excluding hydrogens is 252 g/mol. The van der Waals surface area contributed by atoms with Gasteiger partial charge in [0.05, 0.1) is 4.34 Å². The summed E-state index contributed by atoms with van der Waals surface area (Å²) in [5.41, 5.74) is 1.29. The molecule has 0 saturated carbocycles. The highest BCUT2D eigenvalue weighted by molar-refractivity contribution is 7.14. The Hall–Kier alpha value is -0.0900. The van der Waals surface area contributed by atoms with Gasteiger partial charge < -0.3 is 5.32 Å². The van der Waals surface area contributed by atoms with Gasteiger partial charge in [-0.1, -0.05) is 18.5 Å². The summed E-state index contributed by atoms with van der Waals surface area (Å²) >= 11 is 7.77. The molecular formula is C13H21ClN2S. The van der Waals surface area contributed by atoms with Gasteiger partial charge in [-0.15, -0.1) is 11.3 Å². The van der Waals surface area contributed by atoms with Crippen molar-refractivity contribution in [2.24, 2.45) is 5.92 Å². The molecule has 1 aromatic rings. The molecule has 0 aromatic carbocycles. The summed E-state index contributed by atoms with van der Waals surface area (Å²) in [5, 5.41) is 5.53. The standard InChI is InChI=1S/C13H21ClN2S/c1-2-15-9-11-3-6-16(7-4-11)10-12-5-8-17-13(12)14/h5,8,11,15H,2-4,6-7,9-10H2,1H3. The number of nitrogens with zero attached hydrogens (tertiary/aromatic N) is 1. The van der Waals surface area contributed by atoms with E-state index in [0.29, 0.717) is 0 Å². The van der Waals surface area contributed by atoms with E-state index < -0.39 is 0 Å². The first-order valence-corrected chi connectivity index (χ1v) is 7.70. The van der Waals surface area contributed by atoms with Crippen LogP contribution in [-0.2, 0) is 6.54 Å². The van der Waals surface area contributed by atoms with Gasteiger partial charge in [0.15, 0.2) is 0 Å². The molecule has 0 atom stereocenters. The number of piperidine rings is 1. The van der Waals surface area contributed by atoms with Gasteiger partial charge in [0.1, 0.15) is 0 Å². The third kappa shape index (κ3) is 3.95. The smallest absolute Gasteiger partial charge is 0.0973 e. The second kappa shape index (κ2) is 6.74. The van der Waals surface area contributed by atoms with Crippen LogP contribution in [0.5, 0.6) is 0 Å². The van der Waals surface area contributed by atoms with Crippen LogP contribution in [0.1, 0.15) is 25.3 Å². The van der Waals surface area contributed by atoms with E-state index in [4.69, 9.17) is 11.6 Å². The third-order valence-electron chi connectivity index (χ3n) is 3.48. The van der Waals surface area contributed by atoms with Crippen LogP contribution in [-0.4, -0.2) is 31.1 Å². The van der Waals surface area contributed by atoms with Gasteiger partial charge in [-0.2, -0.15) is 0 Å². The molecule has 2 nitrogen and oxygen atoms in total. The van der Waals surface area contributed by atoms with Crippen molar-refractivity contribution in [2.75, 3.05) is 26.2 Å². The SMILES string of the molecule is CCNCC1CCN(Cc2ccsc2Cl)CC1. The normalized spacial score (nSPS) is 18.7. The zero-order chi connectivity index (χ0) is 12.1. The fourth-order valence-electron chi connectivity index (χ4n) is 2.37. The lowest BCUT2D eigenvalue weighted by Gasteiger charge is -2.31. The maximum atomic E-state index is 6.14. The Morgan fingerprint density at radius 1 is 1.47 bits per heavy atom. The lowest BCUT2D eigenvalue weighted by Crippen LogP contribution is -2.36. The van der Waals surface area contributed by atoms with Crippen LogP contribution < -0.4 is 5.32 Å². The molecule has 2 heterocycles. The predicted molar refractivity (Wildman–Crippen MR) is 75.9 cm³/mol. The molecule has 1 fully saturated rings. The van der Waals surface area contributed by atoms with Gasteiger partial charge in [-0.3, -0.25) is 4.90 Å². The Balaban J connectivity index is 1.74. The van der Waals surface area contributed by atoms with E-state index in [1.165, 1.54) is 38.0 Å². The lowest BCUT2D eigenvalue weighted by atomic mass is 9.96. The summed E-state index contributed by atoms with van der Waals surface area (Å²) in [6.45, 7) is 7.89. The minimum absolute atomic E-state index is 0.865. The van der Waals surface area contributed by atoms with E-state index in [9.17, 15) is 0 Å². The summed E-state index contributed by atoms with van der Waals surface area (Å²) in [6.07, 6.45) is 2.63. The van der Waals surface area contributed by atoms with Crippen LogP contribution in [0.3, 0.4) is 0 Å². The Morgan fingerprint density at radius 3 is 2.82 bits per heavy atom. The molecule has 1 aromatic heterocycles.